The summed E-state index contributed by atoms with van der Waals surface area (Å²) in [6.07, 6.45) is 3.86. The van der Waals surface area contributed by atoms with E-state index in [0.717, 1.165) is 16.8 Å². The van der Waals surface area contributed by atoms with E-state index < -0.39 is 0 Å². The van der Waals surface area contributed by atoms with Crippen LogP contribution in [-0.4, -0.2) is 15.7 Å². The Labute approximate surface area is 119 Å². The second-order valence-corrected chi connectivity index (χ2v) is 6.11. The summed E-state index contributed by atoms with van der Waals surface area (Å²) in [6, 6.07) is 6.56. The Morgan fingerprint density at radius 1 is 1.35 bits per heavy atom. The van der Waals surface area contributed by atoms with Gasteiger partial charge in [-0.1, -0.05) is 19.4 Å². The highest BCUT2D eigenvalue weighted by Crippen LogP contribution is 2.40. The Hall–Kier alpha value is -1.71. The van der Waals surface area contributed by atoms with Crippen molar-refractivity contribution in [2.45, 2.75) is 52.2 Å². The van der Waals surface area contributed by atoms with Gasteiger partial charge < -0.3 is 15.0 Å². The van der Waals surface area contributed by atoms with E-state index in [2.05, 4.69) is 22.5 Å². The van der Waals surface area contributed by atoms with Gasteiger partial charge in [-0.3, -0.25) is 0 Å². The minimum Gasteiger partial charge on any atom is -0.489 e. The summed E-state index contributed by atoms with van der Waals surface area (Å²) in [4.78, 5) is 4.56. The van der Waals surface area contributed by atoms with Crippen LogP contribution in [0.5, 0.6) is 5.75 Å². The monoisotopic (exact) mass is 273 g/mol. The fourth-order valence-corrected chi connectivity index (χ4v) is 3.32. The number of fused-ring (bicyclic) bond motifs is 1. The van der Waals surface area contributed by atoms with Crippen LogP contribution in [-0.2, 0) is 0 Å². The molecule has 0 bridgehead atoms. The predicted octanol–water partition coefficient (Wildman–Crippen LogP) is 3.77. The zero-order valence-corrected chi connectivity index (χ0v) is 12.5. The second kappa shape index (κ2) is 5.00. The molecule has 0 saturated heterocycles. The summed E-state index contributed by atoms with van der Waals surface area (Å²) < 4.78 is 8.06. The first kappa shape index (κ1) is 13.3. The summed E-state index contributed by atoms with van der Waals surface area (Å²) in [5.74, 6) is 2.09. The number of nitrogens with two attached hydrogens (primary N) is 1. The summed E-state index contributed by atoms with van der Waals surface area (Å²) in [7, 11) is 0. The molecule has 1 heterocycles. The van der Waals surface area contributed by atoms with Gasteiger partial charge in [-0.2, -0.15) is 0 Å². The number of aromatic nitrogens is 2. The maximum Gasteiger partial charge on any atom is 0.201 e. The van der Waals surface area contributed by atoms with Crippen molar-refractivity contribution in [1.82, 2.24) is 9.55 Å². The van der Waals surface area contributed by atoms with Crippen LogP contribution in [0.1, 0.15) is 46.1 Å². The van der Waals surface area contributed by atoms with E-state index >= 15 is 0 Å². The number of ether oxygens (including phenoxy) is 1. The lowest BCUT2D eigenvalue weighted by atomic mass is 10.1. The van der Waals surface area contributed by atoms with Crippen LogP contribution in [0, 0.1) is 5.92 Å². The van der Waals surface area contributed by atoms with Crippen molar-refractivity contribution < 1.29 is 4.74 Å². The number of benzene rings is 1. The molecule has 1 fully saturated rings. The Morgan fingerprint density at radius 2 is 2.15 bits per heavy atom. The van der Waals surface area contributed by atoms with Crippen molar-refractivity contribution in [3.05, 3.63) is 18.2 Å². The SMILES string of the molecule is CC(C)Oc1cccc2c1nc(N)n2C1CCCC1C. The summed E-state index contributed by atoms with van der Waals surface area (Å²) in [5, 5.41) is 0. The van der Waals surface area contributed by atoms with Crippen molar-refractivity contribution >= 4 is 17.0 Å². The Balaban J connectivity index is 2.12. The number of nitrogen functional groups attached to an aromatic ring is 1. The highest BCUT2D eigenvalue weighted by atomic mass is 16.5. The average Bonchev–Trinajstić information content (AvgIpc) is 2.92. The summed E-state index contributed by atoms with van der Waals surface area (Å²) >= 11 is 0. The molecular weight excluding hydrogens is 250 g/mol. The van der Waals surface area contributed by atoms with E-state index in [4.69, 9.17) is 10.5 Å². The van der Waals surface area contributed by atoms with Crippen molar-refractivity contribution in [2.75, 3.05) is 5.73 Å². The van der Waals surface area contributed by atoms with Crippen LogP contribution >= 0.6 is 0 Å². The minimum atomic E-state index is 0.136. The highest BCUT2D eigenvalue weighted by molar-refractivity contribution is 5.84. The third-order valence-corrected chi connectivity index (χ3v) is 4.22. The Kier molecular flexibility index (Phi) is 3.32. The van der Waals surface area contributed by atoms with E-state index in [-0.39, 0.29) is 6.10 Å². The smallest absolute Gasteiger partial charge is 0.201 e. The lowest BCUT2D eigenvalue weighted by Crippen LogP contribution is -2.14. The molecule has 1 aromatic heterocycles. The Bertz CT molecular complexity index is 617. The molecule has 2 aromatic rings. The molecule has 0 spiro atoms. The van der Waals surface area contributed by atoms with Gasteiger partial charge in [0.25, 0.3) is 0 Å². The number of nitrogens with zero attached hydrogens (tertiary/aromatic N) is 2. The number of rotatable bonds is 3. The number of para-hydroxylation sites is 1. The molecule has 0 aliphatic heterocycles. The van der Waals surface area contributed by atoms with Gasteiger partial charge in [-0.25, -0.2) is 4.98 Å². The zero-order chi connectivity index (χ0) is 14.3. The molecular formula is C16H23N3O. The number of hydrogen-bond donors (Lipinski definition) is 1. The summed E-state index contributed by atoms with van der Waals surface area (Å²) in [5.41, 5.74) is 8.17. The molecule has 2 unspecified atom stereocenters. The standard InChI is InChI=1S/C16H23N3O/c1-10(2)20-14-9-5-8-13-15(14)18-16(17)19(13)12-7-4-6-11(12)3/h5,8-12H,4,6-7H2,1-3H3,(H2,17,18). The predicted molar refractivity (Wildman–Crippen MR) is 82.0 cm³/mol. The van der Waals surface area contributed by atoms with E-state index in [1.54, 1.807) is 0 Å². The molecule has 1 aromatic carbocycles. The molecule has 3 rings (SSSR count). The van der Waals surface area contributed by atoms with Crippen molar-refractivity contribution in [1.29, 1.82) is 0 Å². The van der Waals surface area contributed by atoms with Crippen LogP contribution in [0.3, 0.4) is 0 Å². The fraction of sp³-hybridized carbons (Fsp3) is 0.562. The maximum atomic E-state index is 6.19. The minimum absolute atomic E-state index is 0.136. The zero-order valence-electron chi connectivity index (χ0n) is 12.5. The van der Waals surface area contributed by atoms with Crippen molar-refractivity contribution in [3.63, 3.8) is 0 Å². The first-order valence-corrected chi connectivity index (χ1v) is 7.51. The van der Waals surface area contributed by atoms with Crippen LogP contribution in [0.25, 0.3) is 11.0 Å². The number of anilines is 1. The molecule has 0 radical (unpaired) electrons. The largest absolute Gasteiger partial charge is 0.489 e. The van der Waals surface area contributed by atoms with E-state index in [1.807, 2.05) is 26.0 Å². The molecule has 1 saturated carbocycles. The number of hydrogen-bond acceptors (Lipinski definition) is 3. The van der Waals surface area contributed by atoms with Gasteiger partial charge in [0.05, 0.1) is 11.6 Å². The molecule has 4 nitrogen and oxygen atoms in total. The first-order chi connectivity index (χ1) is 9.58. The molecule has 20 heavy (non-hydrogen) atoms. The Morgan fingerprint density at radius 3 is 2.80 bits per heavy atom. The van der Waals surface area contributed by atoms with Crippen molar-refractivity contribution in [2.24, 2.45) is 5.92 Å². The lowest BCUT2D eigenvalue weighted by Gasteiger charge is -2.19. The van der Waals surface area contributed by atoms with Crippen LogP contribution in [0.4, 0.5) is 5.95 Å². The number of imidazole rings is 1. The summed E-state index contributed by atoms with van der Waals surface area (Å²) in [6.45, 7) is 6.36. The second-order valence-electron chi connectivity index (χ2n) is 6.11. The van der Waals surface area contributed by atoms with E-state index in [0.29, 0.717) is 17.9 Å². The van der Waals surface area contributed by atoms with Crippen molar-refractivity contribution in [3.8, 4) is 5.75 Å². The van der Waals surface area contributed by atoms with Crippen LogP contribution < -0.4 is 10.5 Å². The quantitative estimate of drug-likeness (QED) is 0.926. The normalized spacial score (nSPS) is 22.8. The van der Waals surface area contributed by atoms with Crippen LogP contribution in [0.2, 0.25) is 0 Å². The third-order valence-electron chi connectivity index (χ3n) is 4.22. The van der Waals surface area contributed by atoms with E-state index in [1.165, 1.54) is 19.3 Å². The topological polar surface area (TPSA) is 53.1 Å². The molecule has 1 aliphatic carbocycles. The van der Waals surface area contributed by atoms with Gasteiger partial charge in [0.15, 0.2) is 0 Å². The fourth-order valence-electron chi connectivity index (χ4n) is 3.32. The van der Waals surface area contributed by atoms with Gasteiger partial charge in [0.1, 0.15) is 11.3 Å². The molecule has 1 aliphatic rings. The molecule has 2 N–H and O–H groups in total. The third kappa shape index (κ3) is 2.13. The van der Waals surface area contributed by atoms with Gasteiger partial charge in [0, 0.05) is 6.04 Å². The molecule has 108 valence electrons. The lowest BCUT2D eigenvalue weighted by molar-refractivity contribution is 0.245. The van der Waals surface area contributed by atoms with E-state index in [9.17, 15) is 0 Å². The molecule has 0 amide bonds. The molecule has 2 atom stereocenters. The average molecular weight is 273 g/mol. The van der Waals surface area contributed by atoms with Gasteiger partial charge in [-0.05, 0) is 44.7 Å². The first-order valence-electron chi connectivity index (χ1n) is 7.51. The maximum absolute atomic E-state index is 6.19. The van der Waals surface area contributed by atoms with Crippen LogP contribution in [0.15, 0.2) is 18.2 Å². The van der Waals surface area contributed by atoms with Gasteiger partial charge >= 0.3 is 0 Å². The van der Waals surface area contributed by atoms with Gasteiger partial charge in [0.2, 0.25) is 5.95 Å². The van der Waals surface area contributed by atoms with Gasteiger partial charge in [-0.15, -0.1) is 0 Å². The highest BCUT2D eigenvalue weighted by Gasteiger charge is 2.28. The molecule has 4 heteroatoms.